The van der Waals surface area contributed by atoms with E-state index in [0.717, 1.165) is 10.4 Å². The van der Waals surface area contributed by atoms with Gasteiger partial charge >= 0.3 is 5.97 Å². The Morgan fingerprint density at radius 1 is 1.50 bits per heavy atom. The van der Waals surface area contributed by atoms with Gasteiger partial charge in [0.1, 0.15) is 4.88 Å². The van der Waals surface area contributed by atoms with Crippen LogP contribution >= 0.6 is 11.3 Å². The molecule has 4 heteroatoms. The monoisotopic (exact) mass is 209 g/mol. The highest BCUT2D eigenvalue weighted by Crippen LogP contribution is 2.33. The van der Waals surface area contributed by atoms with Gasteiger partial charge in [-0.25, -0.2) is 4.79 Å². The highest BCUT2D eigenvalue weighted by molar-refractivity contribution is 7.15. The molecule has 0 saturated carbocycles. The molecule has 1 rings (SSSR count). The Morgan fingerprint density at radius 2 is 2.14 bits per heavy atom. The van der Waals surface area contributed by atoms with E-state index in [1.165, 1.54) is 18.4 Å². The van der Waals surface area contributed by atoms with Gasteiger partial charge in [0, 0.05) is 10.4 Å². The summed E-state index contributed by atoms with van der Waals surface area (Å²) in [6.45, 7) is 7.26. The molecule has 0 bridgehead atoms. The SMILES string of the molecule is C=Cc1sc(C(=O)OC)c(N)c1C=C. The van der Waals surface area contributed by atoms with Crippen LogP contribution in [-0.4, -0.2) is 13.1 Å². The number of anilines is 1. The lowest BCUT2D eigenvalue weighted by Gasteiger charge is -1.96. The second-order valence-electron chi connectivity index (χ2n) is 2.52. The van der Waals surface area contributed by atoms with Crippen molar-refractivity contribution in [3.8, 4) is 0 Å². The average molecular weight is 209 g/mol. The highest BCUT2D eigenvalue weighted by Gasteiger charge is 2.18. The molecular weight excluding hydrogens is 198 g/mol. The van der Waals surface area contributed by atoms with E-state index in [1.807, 2.05) is 0 Å². The van der Waals surface area contributed by atoms with E-state index in [0.29, 0.717) is 10.6 Å². The number of methoxy groups -OCH3 is 1. The quantitative estimate of drug-likeness (QED) is 0.778. The third kappa shape index (κ3) is 1.56. The van der Waals surface area contributed by atoms with E-state index in [9.17, 15) is 4.79 Å². The van der Waals surface area contributed by atoms with Gasteiger partial charge in [0.25, 0.3) is 0 Å². The zero-order chi connectivity index (χ0) is 10.7. The molecule has 1 aromatic heterocycles. The normalized spacial score (nSPS) is 9.50. The molecular formula is C10H11NO2S. The van der Waals surface area contributed by atoms with Crippen molar-refractivity contribution in [3.05, 3.63) is 28.5 Å². The summed E-state index contributed by atoms with van der Waals surface area (Å²) in [6.07, 6.45) is 3.25. The van der Waals surface area contributed by atoms with Gasteiger partial charge in [-0.15, -0.1) is 11.3 Å². The van der Waals surface area contributed by atoms with Gasteiger partial charge in [-0.3, -0.25) is 0 Å². The van der Waals surface area contributed by atoms with Crippen LogP contribution in [-0.2, 0) is 4.74 Å². The van der Waals surface area contributed by atoms with E-state index < -0.39 is 5.97 Å². The minimum atomic E-state index is -0.427. The first-order valence-electron chi connectivity index (χ1n) is 3.91. The average Bonchev–Trinajstić information content (AvgIpc) is 2.53. The molecule has 0 spiro atoms. The molecule has 0 aromatic carbocycles. The Balaban J connectivity index is 3.34. The molecule has 0 aliphatic rings. The molecule has 0 aliphatic heterocycles. The Labute approximate surface area is 86.5 Å². The summed E-state index contributed by atoms with van der Waals surface area (Å²) < 4.78 is 4.60. The minimum Gasteiger partial charge on any atom is -0.465 e. The fourth-order valence-electron chi connectivity index (χ4n) is 1.08. The van der Waals surface area contributed by atoms with Gasteiger partial charge in [-0.05, 0) is 0 Å². The van der Waals surface area contributed by atoms with Crippen LogP contribution in [0.1, 0.15) is 20.1 Å². The highest BCUT2D eigenvalue weighted by atomic mass is 32.1. The van der Waals surface area contributed by atoms with Crippen LogP contribution in [0.2, 0.25) is 0 Å². The molecule has 14 heavy (non-hydrogen) atoms. The first-order valence-corrected chi connectivity index (χ1v) is 4.72. The molecule has 2 N–H and O–H groups in total. The van der Waals surface area contributed by atoms with E-state index in [4.69, 9.17) is 5.73 Å². The maximum Gasteiger partial charge on any atom is 0.350 e. The summed E-state index contributed by atoms with van der Waals surface area (Å²) in [5, 5.41) is 0. The largest absolute Gasteiger partial charge is 0.465 e. The molecule has 0 saturated heterocycles. The van der Waals surface area contributed by atoms with Crippen molar-refractivity contribution in [2.45, 2.75) is 0 Å². The van der Waals surface area contributed by atoms with Crippen LogP contribution in [0, 0.1) is 0 Å². The number of nitrogens with two attached hydrogens (primary N) is 1. The fraction of sp³-hybridized carbons (Fsp3) is 0.100. The van der Waals surface area contributed by atoms with Crippen LogP contribution in [0.5, 0.6) is 0 Å². The van der Waals surface area contributed by atoms with Gasteiger partial charge in [-0.2, -0.15) is 0 Å². The number of ether oxygens (including phenoxy) is 1. The molecule has 0 fully saturated rings. The smallest absolute Gasteiger partial charge is 0.350 e. The first-order chi connectivity index (χ1) is 6.65. The number of hydrogen-bond donors (Lipinski definition) is 1. The number of thiophene rings is 1. The Kier molecular flexibility index (Phi) is 3.09. The van der Waals surface area contributed by atoms with Crippen molar-refractivity contribution in [1.82, 2.24) is 0 Å². The number of carbonyl (C=O) groups excluding carboxylic acids is 1. The standard InChI is InChI=1S/C10H11NO2S/c1-4-6-7(5-2)14-9(8(6)11)10(12)13-3/h4-5H,1-2,11H2,3H3. The lowest BCUT2D eigenvalue weighted by molar-refractivity contribution is 0.0607. The number of hydrogen-bond acceptors (Lipinski definition) is 4. The second-order valence-corrected chi connectivity index (χ2v) is 3.57. The van der Waals surface area contributed by atoms with Crippen molar-refractivity contribution in [2.75, 3.05) is 12.8 Å². The maximum absolute atomic E-state index is 11.3. The van der Waals surface area contributed by atoms with Crippen molar-refractivity contribution in [1.29, 1.82) is 0 Å². The third-order valence-electron chi connectivity index (χ3n) is 1.77. The van der Waals surface area contributed by atoms with Gasteiger partial charge < -0.3 is 10.5 Å². The third-order valence-corrected chi connectivity index (χ3v) is 2.97. The maximum atomic E-state index is 11.3. The Hall–Kier alpha value is -1.55. The Morgan fingerprint density at radius 3 is 2.50 bits per heavy atom. The number of esters is 1. The fourth-order valence-corrected chi connectivity index (χ4v) is 2.07. The van der Waals surface area contributed by atoms with Crippen molar-refractivity contribution >= 4 is 35.1 Å². The summed E-state index contributed by atoms with van der Waals surface area (Å²) in [5.41, 5.74) is 6.91. The van der Waals surface area contributed by atoms with Gasteiger partial charge in [0.2, 0.25) is 0 Å². The molecule has 0 atom stereocenters. The first kappa shape index (κ1) is 10.5. The Bertz CT molecular complexity index is 393. The van der Waals surface area contributed by atoms with Gasteiger partial charge in [0.05, 0.1) is 12.8 Å². The summed E-state index contributed by atoms with van der Waals surface area (Å²) in [5.74, 6) is -0.427. The van der Waals surface area contributed by atoms with Crippen molar-refractivity contribution < 1.29 is 9.53 Å². The van der Waals surface area contributed by atoms with Crippen LogP contribution in [0.15, 0.2) is 13.2 Å². The van der Waals surface area contributed by atoms with Crippen molar-refractivity contribution in [2.24, 2.45) is 0 Å². The van der Waals surface area contributed by atoms with Gasteiger partial charge in [0.15, 0.2) is 0 Å². The molecule has 0 unspecified atom stereocenters. The summed E-state index contributed by atoms with van der Waals surface area (Å²) in [6, 6.07) is 0. The lowest BCUT2D eigenvalue weighted by atomic mass is 10.2. The molecule has 1 aromatic rings. The summed E-state index contributed by atoms with van der Waals surface area (Å²) >= 11 is 1.25. The predicted octanol–water partition coefficient (Wildman–Crippen LogP) is 2.40. The summed E-state index contributed by atoms with van der Waals surface area (Å²) in [7, 11) is 1.32. The molecule has 3 nitrogen and oxygen atoms in total. The number of carbonyl (C=O) groups is 1. The van der Waals surface area contributed by atoms with Crippen LogP contribution in [0.3, 0.4) is 0 Å². The van der Waals surface area contributed by atoms with E-state index in [-0.39, 0.29) is 0 Å². The predicted molar refractivity (Wildman–Crippen MR) is 60.3 cm³/mol. The zero-order valence-electron chi connectivity index (χ0n) is 7.87. The molecule has 0 radical (unpaired) electrons. The van der Waals surface area contributed by atoms with E-state index >= 15 is 0 Å². The van der Waals surface area contributed by atoms with E-state index in [2.05, 4.69) is 17.9 Å². The topological polar surface area (TPSA) is 52.3 Å². The van der Waals surface area contributed by atoms with Crippen LogP contribution < -0.4 is 5.73 Å². The number of nitrogen functional groups attached to an aromatic ring is 1. The molecule has 0 amide bonds. The molecule has 1 heterocycles. The summed E-state index contributed by atoms with van der Waals surface area (Å²) in [4.78, 5) is 12.5. The number of rotatable bonds is 3. The minimum absolute atomic E-state index is 0.400. The second kappa shape index (κ2) is 4.11. The van der Waals surface area contributed by atoms with Gasteiger partial charge in [-0.1, -0.05) is 25.3 Å². The lowest BCUT2D eigenvalue weighted by Crippen LogP contribution is -2.02. The molecule has 0 aliphatic carbocycles. The van der Waals surface area contributed by atoms with Crippen LogP contribution in [0.4, 0.5) is 5.69 Å². The molecule has 74 valence electrons. The van der Waals surface area contributed by atoms with Crippen molar-refractivity contribution in [3.63, 3.8) is 0 Å². The van der Waals surface area contributed by atoms with E-state index in [1.54, 1.807) is 12.2 Å². The van der Waals surface area contributed by atoms with Crippen LogP contribution in [0.25, 0.3) is 12.2 Å². The zero-order valence-corrected chi connectivity index (χ0v) is 8.69.